The lowest BCUT2D eigenvalue weighted by Crippen LogP contribution is -2.28. The molecule has 0 saturated carbocycles. The van der Waals surface area contributed by atoms with Gasteiger partial charge >= 0.3 is 0 Å². The van der Waals surface area contributed by atoms with Crippen LogP contribution in [0.4, 0.5) is 0 Å². The molecule has 2 heterocycles. The summed E-state index contributed by atoms with van der Waals surface area (Å²) in [5.74, 6) is 0.673. The van der Waals surface area contributed by atoms with Crippen LogP contribution in [0.3, 0.4) is 0 Å². The first-order chi connectivity index (χ1) is 12.5. The lowest BCUT2D eigenvalue weighted by molar-refractivity contribution is 0.255. The maximum atomic E-state index is 5.73. The van der Waals surface area contributed by atoms with Gasteiger partial charge in [-0.2, -0.15) is 0 Å². The van der Waals surface area contributed by atoms with E-state index in [1.54, 1.807) is 7.11 Å². The van der Waals surface area contributed by atoms with Gasteiger partial charge < -0.3 is 10.5 Å². The van der Waals surface area contributed by atoms with Crippen LogP contribution in [0.15, 0.2) is 24.3 Å². The summed E-state index contributed by atoms with van der Waals surface area (Å²) in [6, 6.07) is 8.36. The maximum absolute atomic E-state index is 5.73. The molecule has 0 radical (unpaired) electrons. The molecule has 0 spiro atoms. The second-order valence-corrected chi connectivity index (χ2v) is 6.90. The third kappa shape index (κ3) is 6.39. The molecule has 0 atom stereocenters. The van der Waals surface area contributed by atoms with E-state index in [4.69, 9.17) is 10.5 Å². The highest BCUT2D eigenvalue weighted by atomic mass is 16.5. The van der Waals surface area contributed by atoms with Crippen molar-refractivity contribution in [2.75, 3.05) is 26.7 Å². The molecule has 2 aromatic rings. The lowest BCUT2D eigenvalue weighted by atomic mass is 10.1. The molecule has 0 fully saturated rings. The van der Waals surface area contributed by atoms with Crippen LogP contribution in [0.25, 0.3) is 0 Å². The molecule has 0 aliphatic heterocycles. The van der Waals surface area contributed by atoms with Crippen LogP contribution >= 0.6 is 0 Å². The number of hydrogen-bond acceptors (Lipinski definition) is 5. The van der Waals surface area contributed by atoms with Crippen LogP contribution in [-0.2, 0) is 13.0 Å². The highest BCUT2D eigenvalue weighted by Crippen LogP contribution is 2.15. The van der Waals surface area contributed by atoms with Gasteiger partial charge in [0.15, 0.2) is 0 Å². The molecule has 0 unspecified atom stereocenters. The van der Waals surface area contributed by atoms with Crippen molar-refractivity contribution in [2.24, 2.45) is 5.73 Å². The predicted octanol–water partition coefficient (Wildman–Crippen LogP) is 3.19. The summed E-state index contributed by atoms with van der Waals surface area (Å²) < 4.78 is 5.28. The quantitative estimate of drug-likeness (QED) is 0.708. The van der Waals surface area contributed by atoms with Crippen molar-refractivity contribution in [1.29, 1.82) is 0 Å². The number of hydrogen-bond donors (Lipinski definition) is 1. The molecular formula is C21H32N4O. The Morgan fingerprint density at radius 2 is 1.69 bits per heavy atom. The van der Waals surface area contributed by atoms with Gasteiger partial charge in [0.05, 0.1) is 12.8 Å². The van der Waals surface area contributed by atoms with Crippen molar-refractivity contribution in [1.82, 2.24) is 14.9 Å². The Hall–Kier alpha value is -1.98. The molecule has 0 aliphatic carbocycles. The summed E-state index contributed by atoms with van der Waals surface area (Å²) in [5.41, 5.74) is 11.6. The first-order valence-electron chi connectivity index (χ1n) is 9.39. The number of nitrogens with zero attached hydrogens (tertiary/aromatic N) is 3. The summed E-state index contributed by atoms with van der Waals surface area (Å²) in [4.78, 5) is 11.5. The molecule has 5 heteroatoms. The fourth-order valence-corrected chi connectivity index (χ4v) is 3.19. The molecule has 0 bridgehead atoms. The van der Waals surface area contributed by atoms with E-state index in [1.165, 1.54) is 11.1 Å². The Morgan fingerprint density at radius 1 is 1.00 bits per heavy atom. The number of aryl methyl sites for hydroxylation is 4. The van der Waals surface area contributed by atoms with E-state index in [9.17, 15) is 0 Å². The van der Waals surface area contributed by atoms with E-state index in [1.807, 2.05) is 6.07 Å². The zero-order valence-electron chi connectivity index (χ0n) is 16.6. The van der Waals surface area contributed by atoms with Gasteiger partial charge in [0.1, 0.15) is 0 Å². The first kappa shape index (κ1) is 20.3. The van der Waals surface area contributed by atoms with Crippen LogP contribution in [0.1, 0.15) is 41.1 Å². The number of rotatable bonds is 10. The Labute approximate surface area is 157 Å². The van der Waals surface area contributed by atoms with Crippen LogP contribution in [-0.4, -0.2) is 41.6 Å². The Kier molecular flexibility index (Phi) is 8.01. The van der Waals surface area contributed by atoms with E-state index in [2.05, 4.69) is 53.8 Å². The van der Waals surface area contributed by atoms with Gasteiger partial charge in [-0.05, 0) is 82.9 Å². The summed E-state index contributed by atoms with van der Waals surface area (Å²) >= 11 is 0. The molecule has 0 amide bonds. The zero-order valence-corrected chi connectivity index (χ0v) is 16.6. The van der Waals surface area contributed by atoms with Crippen molar-refractivity contribution < 1.29 is 4.74 Å². The highest BCUT2D eigenvalue weighted by molar-refractivity contribution is 5.24. The van der Waals surface area contributed by atoms with Gasteiger partial charge in [-0.3, -0.25) is 9.88 Å². The largest absolute Gasteiger partial charge is 0.481 e. The minimum atomic E-state index is 0.673. The van der Waals surface area contributed by atoms with Crippen molar-refractivity contribution >= 4 is 0 Å². The highest BCUT2D eigenvalue weighted by Gasteiger charge is 2.10. The predicted molar refractivity (Wildman–Crippen MR) is 107 cm³/mol. The molecule has 2 rings (SSSR count). The van der Waals surface area contributed by atoms with Crippen molar-refractivity contribution in [3.8, 4) is 5.88 Å². The van der Waals surface area contributed by atoms with E-state index in [0.29, 0.717) is 12.4 Å². The second kappa shape index (κ2) is 10.2. The minimum absolute atomic E-state index is 0.673. The molecule has 2 aromatic heterocycles. The molecule has 0 aliphatic rings. The third-order valence-electron chi connectivity index (χ3n) is 4.52. The van der Waals surface area contributed by atoms with Gasteiger partial charge in [-0.25, -0.2) is 4.98 Å². The Bertz CT molecular complexity index is 682. The smallest absolute Gasteiger partial charge is 0.213 e. The fourth-order valence-electron chi connectivity index (χ4n) is 3.19. The van der Waals surface area contributed by atoms with Gasteiger partial charge in [0, 0.05) is 24.0 Å². The number of pyridine rings is 2. The molecule has 2 N–H and O–H groups in total. The fraction of sp³-hybridized carbons (Fsp3) is 0.524. The Morgan fingerprint density at radius 3 is 2.35 bits per heavy atom. The minimum Gasteiger partial charge on any atom is -0.481 e. The van der Waals surface area contributed by atoms with Crippen molar-refractivity contribution in [3.63, 3.8) is 0 Å². The number of methoxy groups -OCH3 is 1. The Balaban J connectivity index is 1.98. The average molecular weight is 357 g/mol. The summed E-state index contributed by atoms with van der Waals surface area (Å²) in [6.45, 7) is 9.77. The van der Waals surface area contributed by atoms with Crippen LogP contribution in [0, 0.1) is 20.8 Å². The van der Waals surface area contributed by atoms with E-state index in [-0.39, 0.29) is 0 Å². The lowest BCUT2D eigenvalue weighted by Gasteiger charge is -2.23. The van der Waals surface area contributed by atoms with Gasteiger partial charge in [0.2, 0.25) is 5.88 Å². The number of nitrogens with two attached hydrogens (primary N) is 1. The summed E-state index contributed by atoms with van der Waals surface area (Å²) in [7, 11) is 1.66. The molecule has 5 nitrogen and oxygen atoms in total. The summed E-state index contributed by atoms with van der Waals surface area (Å²) in [6.07, 6.45) is 3.17. The van der Waals surface area contributed by atoms with Crippen LogP contribution in [0.5, 0.6) is 5.88 Å². The van der Waals surface area contributed by atoms with E-state index < -0.39 is 0 Å². The topological polar surface area (TPSA) is 64.3 Å². The van der Waals surface area contributed by atoms with Crippen LogP contribution < -0.4 is 10.5 Å². The molecule has 0 aromatic carbocycles. The molecule has 26 heavy (non-hydrogen) atoms. The second-order valence-electron chi connectivity index (χ2n) is 6.90. The van der Waals surface area contributed by atoms with E-state index in [0.717, 1.165) is 56.0 Å². The maximum Gasteiger partial charge on any atom is 0.213 e. The van der Waals surface area contributed by atoms with Gasteiger partial charge in [-0.15, -0.1) is 0 Å². The van der Waals surface area contributed by atoms with Crippen molar-refractivity contribution in [2.45, 2.75) is 46.6 Å². The summed E-state index contributed by atoms with van der Waals surface area (Å²) in [5, 5.41) is 0. The first-order valence-corrected chi connectivity index (χ1v) is 9.39. The SMILES string of the molecule is COc1ccc(C)c(CN(CCCN)CCCc2cc(C)nc(C)c2)n1. The number of aromatic nitrogens is 2. The van der Waals surface area contributed by atoms with Gasteiger partial charge in [-0.1, -0.05) is 6.07 Å². The molecule has 142 valence electrons. The van der Waals surface area contributed by atoms with Crippen LogP contribution in [0.2, 0.25) is 0 Å². The van der Waals surface area contributed by atoms with Gasteiger partial charge in [0.25, 0.3) is 0 Å². The molecular weight excluding hydrogens is 324 g/mol. The third-order valence-corrected chi connectivity index (χ3v) is 4.52. The normalized spacial score (nSPS) is 11.2. The monoisotopic (exact) mass is 356 g/mol. The zero-order chi connectivity index (χ0) is 18.9. The standard InChI is InChI=1S/C21H32N4O/c1-16-8-9-21(26-4)24-20(16)15-25(12-6-10-22)11-5-7-19-13-17(2)23-18(3)14-19/h8-9,13-14H,5-7,10-12,15,22H2,1-4H3. The van der Waals surface area contributed by atoms with Crippen molar-refractivity contribution in [3.05, 3.63) is 52.5 Å². The number of ether oxygens (including phenoxy) is 1. The van der Waals surface area contributed by atoms with E-state index >= 15 is 0 Å². The average Bonchev–Trinajstić information content (AvgIpc) is 2.60. The molecule has 0 saturated heterocycles.